The third-order valence-electron chi connectivity index (χ3n) is 4.88. The SMILES string of the molecule is O=c1ccc(-c2cccnc2)nn1CC1CN(c2cncc(-n3cccn3)n2)C1. The van der Waals surface area contributed by atoms with Crippen molar-refractivity contribution in [3.8, 4) is 17.1 Å². The second-order valence-corrected chi connectivity index (χ2v) is 6.94. The van der Waals surface area contributed by atoms with Crippen LogP contribution in [0.4, 0.5) is 5.82 Å². The van der Waals surface area contributed by atoms with E-state index in [0.717, 1.165) is 30.2 Å². The van der Waals surface area contributed by atoms with Gasteiger partial charge in [-0.15, -0.1) is 0 Å². The third-order valence-corrected chi connectivity index (χ3v) is 4.88. The average Bonchev–Trinajstić information content (AvgIpc) is 3.27. The van der Waals surface area contributed by atoms with Crippen LogP contribution >= 0.6 is 0 Å². The molecule has 0 saturated carbocycles. The largest absolute Gasteiger partial charge is 0.354 e. The van der Waals surface area contributed by atoms with Crippen molar-refractivity contribution >= 4 is 5.82 Å². The fourth-order valence-corrected chi connectivity index (χ4v) is 3.38. The quantitative estimate of drug-likeness (QED) is 0.512. The Morgan fingerprint density at radius 1 is 0.966 bits per heavy atom. The minimum atomic E-state index is -0.100. The van der Waals surface area contributed by atoms with Gasteiger partial charge >= 0.3 is 0 Å². The number of pyridine rings is 1. The van der Waals surface area contributed by atoms with E-state index in [1.807, 2.05) is 24.4 Å². The third kappa shape index (κ3) is 3.49. The molecule has 9 heteroatoms. The molecular weight excluding hydrogens is 368 g/mol. The summed E-state index contributed by atoms with van der Waals surface area (Å²) in [5.74, 6) is 1.80. The fraction of sp³-hybridized carbons (Fsp3) is 0.200. The molecule has 4 aromatic rings. The summed E-state index contributed by atoms with van der Waals surface area (Å²) < 4.78 is 3.22. The Morgan fingerprint density at radius 3 is 2.66 bits per heavy atom. The van der Waals surface area contributed by atoms with Crippen LogP contribution in [0.1, 0.15) is 0 Å². The maximum atomic E-state index is 12.2. The Kier molecular flexibility index (Phi) is 4.32. The first-order valence-electron chi connectivity index (χ1n) is 9.32. The smallest absolute Gasteiger partial charge is 0.266 e. The van der Waals surface area contributed by atoms with Crippen molar-refractivity contribution in [1.82, 2.24) is 34.5 Å². The Morgan fingerprint density at radius 2 is 1.86 bits per heavy atom. The van der Waals surface area contributed by atoms with Gasteiger partial charge in [0.15, 0.2) is 5.82 Å². The molecule has 1 fully saturated rings. The van der Waals surface area contributed by atoms with Crippen molar-refractivity contribution in [2.24, 2.45) is 5.92 Å². The van der Waals surface area contributed by atoms with Crippen LogP contribution < -0.4 is 10.5 Å². The Hall–Kier alpha value is -3.88. The van der Waals surface area contributed by atoms with E-state index >= 15 is 0 Å². The standard InChI is InChI=1S/C20H18N8O/c29-20-5-4-17(16-3-1-6-21-9-16)25-28(20)14-15-12-26(13-15)18-10-22-11-19(24-18)27-8-2-7-23-27/h1-11,15H,12-14H2. The highest BCUT2D eigenvalue weighted by Gasteiger charge is 2.29. The minimum absolute atomic E-state index is 0.100. The molecule has 1 aliphatic heterocycles. The van der Waals surface area contributed by atoms with Crippen molar-refractivity contribution in [2.75, 3.05) is 18.0 Å². The van der Waals surface area contributed by atoms with Crippen LogP contribution in [0.2, 0.25) is 0 Å². The van der Waals surface area contributed by atoms with Gasteiger partial charge < -0.3 is 4.90 Å². The zero-order valence-corrected chi connectivity index (χ0v) is 15.5. The number of hydrogen-bond acceptors (Lipinski definition) is 7. The van der Waals surface area contributed by atoms with E-state index in [2.05, 4.69) is 30.0 Å². The summed E-state index contributed by atoms with van der Waals surface area (Å²) in [7, 11) is 0. The van der Waals surface area contributed by atoms with Crippen molar-refractivity contribution in [3.63, 3.8) is 0 Å². The maximum absolute atomic E-state index is 12.2. The van der Waals surface area contributed by atoms with E-state index in [9.17, 15) is 4.79 Å². The van der Waals surface area contributed by atoms with Gasteiger partial charge in [0.25, 0.3) is 5.56 Å². The van der Waals surface area contributed by atoms with Crippen LogP contribution in [-0.4, -0.2) is 47.6 Å². The predicted octanol–water partition coefficient (Wildman–Crippen LogP) is 1.42. The lowest BCUT2D eigenvalue weighted by Crippen LogP contribution is -2.50. The number of nitrogens with zero attached hydrogens (tertiary/aromatic N) is 8. The molecule has 0 amide bonds. The summed E-state index contributed by atoms with van der Waals surface area (Å²) in [5.41, 5.74) is 1.53. The molecule has 29 heavy (non-hydrogen) atoms. The van der Waals surface area contributed by atoms with Crippen LogP contribution in [0, 0.1) is 5.92 Å². The van der Waals surface area contributed by atoms with E-state index in [4.69, 9.17) is 0 Å². The zero-order chi connectivity index (χ0) is 19.6. The summed E-state index contributed by atoms with van der Waals surface area (Å²) >= 11 is 0. The molecule has 9 nitrogen and oxygen atoms in total. The van der Waals surface area contributed by atoms with E-state index in [-0.39, 0.29) is 5.56 Å². The molecule has 0 aliphatic carbocycles. The molecule has 0 aromatic carbocycles. The van der Waals surface area contributed by atoms with Gasteiger partial charge in [0.1, 0.15) is 5.82 Å². The lowest BCUT2D eigenvalue weighted by Gasteiger charge is -2.40. The van der Waals surface area contributed by atoms with Crippen LogP contribution in [0.3, 0.4) is 0 Å². The van der Waals surface area contributed by atoms with Crippen LogP contribution in [0.5, 0.6) is 0 Å². The lowest BCUT2D eigenvalue weighted by molar-refractivity contribution is 0.333. The average molecular weight is 386 g/mol. The Bertz CT molecular complexity index is 1170. The highest BCUT2D eigenvalue weighted by molar-refractivity contribution is 5.56. The summed E-state index contributed by atoms with van der Waals surface area (Å²) in [5, 5.41) is 8.71. The van der Waals surface area contributed by atoms with Gasteiger partial charge in [-0.05, 0) is 24.3 Å². The summed E-state index contributed by atoms with van der Waals surface area (Å²) in [4.78, 5) is 27.4. The second-order valence-electron chi connectivity index (χ2n) is 6.94. The molecule has 1 aliphatic rings. The van der Waals surface area contributed by atoms with E-state index in [0.29, 0.717) is 18.3 Å². The van der Waals surface area contributed by atoms with E-state index in [1.54, 1.807) is 47.8 Å². The number of aromatic nitrogens is 7. The van der Waals surface area contributed by atoms with Crippen LogP contribution in [-0.2, 0) is 6.54 Å². The first kappa shape index (κ1) is 17.2. The monoisotopic (exact) mass is 386 g/mol. The first-order valence-corrected chi connectivity index (χ1v) is 9.32. The number of rotatable bonds is 5. The molecular formula is C20H18N8O. The fourth-order valence-electron chi connectivity index (χ4n) is 3.38. The number of anilines is 1. The summed E-state index contributed by atoms with van der Waals surface area (Å²) in [6.45, 7) is 2.15. The molecule has 5 rings (SSSR count). The Labute approximate surface area is 166 Å². The molecule has 5 heterocycles. The van der Waals surface area contributed by atoms with Gasteiger partial charge in [0.05, 0.1) is 24.6 Å². The highest BCUT2D eigenvalue weighted by Crippen LogP contribution is 2.24. The van der Waals surface area contributed by atoms with Crippen molar-refractivity contribution in [2.45, 2.75) is 6.54 Å². The molecule has 144 valence electrons. The van der Waals surface area contributed by atoms with Crippen molar-refractivity contribution < 1.29 is 0 Å². The molecule has 0 atom stereocenters. The molecule has 4 aromatic heterocycles. The van der Waals surface area contributed by atoms with Gasteiger partial charge in [-0.3, -0.25) is 14.8 Å². The molecule has 0 unspecified atom stereocenters. The minimum Gasteiger partial charge on any atom is -0.354 e. The first-order chi connectivity index (χ1) is 14.3. The molecule has 0 spiro atoms. The van der Waals surface area contributed by atoms with Gasteiger partial charge in [0.2, 0.25) is 0 Å². The summed E-state index contributed by atoms with van der Waals surface area (Å²) in [6, 6.07) is 8.93. The Balaban J connectivity index is 1.28. The van der Waals surface area contributed by atoms with Crippen molar-refractivity contribution in [3.05, 3.63) is 77.9 Å². The van der Waals surface area contributed by atoms with E-state index < -0.39 is 0 Å². The lowest BCUT2D eigenvalue weighted by atomic mass is 10.0. The zero-order valence-electron chi connectivity index (χ0n) is 15.5. The van der Waals surface area contributed by atoms with E-state index in [1.165, 1.54) is 4.68 Å². The van der Waals surface area contributed by atoms with Gasteiger partial charge in [-0.1, -0.05) is 0 Å². The predicted molar refractivity (Wildman–Crippen MR) is 107 cm³/mol. The second kappa shape index (κ2) is 7.27. The molecule has 0 bridgehead atoms. The van der Waals surface area contributed by atoms with Gasteiger partial charge in [0, 0.05) is 55.4 Å². The molecule has 1 saturated heterocycles. The highest BCUT2D eigenvalue weighted by atomic mass is 16.1. The summed E-state index contributed by atoms with van der Waals surface area (Å²) in [6.07, 6.45) is 10.4. The topological polar surface area (TPSA) is 94.6 Å². The van der Waals surface area contributed by atoms with Crippen molar-refractivity contribution in [1.29, 1.82) is 0 Å². The van der Waals surface area contributed by atoms with Crippen LogP contribution in [0.15, 0.2) is 72.3 Å². The van der Waals surface area contributed by atoms with Gasteiger partial charge in [-0.25, -0.2) is 14.3 Å². The maximum Gasteiger partial charge on any atom is 0.266 e. The van der Waals surface area contributed by atoms with Gasteiger partial charge in [-0.2, -0.15) is 10.2 Å². The normalized spacial score (nSPS) is 14.0. The van der Waals surface area contributed by atoms with Crippen LogP contribution in [0.25, 0.3) is 17.1 Å². The molecule has 0 radical (unpaired) electrons. The molecule has 0 N–H and O–H groups in total. The number of hydrogen-bond donors (Lipinski definition) is 0.